The van der Waals surface area contributed by atoms with Crippen molar-refractivity contribution in [1.82, 2.24) is 23.6 Å². The van der Waals surface area contributed by atoms with Crippen LogP contribution in [0.4, 0.5) is 5.95 Å². The molecule has 0 radical (unpaired) electrons. The minimum absolute atomic E-state index is 0.315. The van der Waals surface area contributed by atoms with Gasteiger partial charge in [-0.1, -0.05) is 0 Å². The largest absolute Gasteiger partial charge is 0.340 e. The van der Waals surface area contributed by atoms with Crippen molar-refractivity contribution in [3.05, 3.63) is 20.8 Å². The van der Waals surface area contributed by atoms with Crippen LogP contribution in [-0.2, 0) is 21.1 Å². The van der Waals surface area contributed by atoms with Crippen molar-refractivity contribution in [2.75, 3.05) is 43.5 Å². The van der Waals surface area contributed by atoms with Gasteiger partial charge in [-0.25, -0.2) is 4.79 Å². The minimum Gasteiger partial charge on any atom is -0.340 e. The van der Waals surface area contributed by atoms with Gasteiger partial charge in [0.25, 0.3) is 5.56 Å². The Morgan fingerprint density at radius 1 is 1.00 bits per heavy atom. The second kappa shape index (κ2) is 6.01. The number of halogens is 1. The number of aryl methyl sites for hydroxylation is 2. The lowest BCUT2D eigenvalue weighted by Crippen LogP contribution is -2.47. The van der Waals surface area contributed by atoms with E-state index in [1.54, 1.807) is 11.6 Å². The molecule has 0 unspecified atom stereocenters. The van der Waals surface area contributed by atoms with Crippen molar-refractivity contribution in [3.8, 4) is 0 Å². The molecule has 8 nitrogen and oxygen atoms in total. The molecule has 9 heteroatoms. The molecular weight excluding hydrogens is 320 g/mol. The van der Waals surface area contributed by atoms with E-state index in [1.165, 1.54) is 11.6 Å². The van der Waals surface area contributed by atoms with Gasteiger partial charge in [0.2, 0.25) is 5.95 Å². The zero-order valence-electron chi connectivity index (χ0n) is 13.6. The molecule has 1 fully saturated rings. The van der Waals surface area contributed by atoms with Crippen LogP contribution in [0, 0.1) is 0 Å². The number of fused-ring (bicyclic) bond motifs is 1. The van der Waals surface area contributed by atoms with Crippen LogP contribution in [-0.4, -0.2) is 62.2 Å². The average molecular weight is 341 g/mol. The van der Waals surface area contributed by atoms with E-state index in [1.807, 2.05) is 7.05 Å². The summed E-state index contributed by atoms with van der Waals surface area (Å²) in [6.07, 6.45) is 0. The van der Waals surface area contributed by atoms with E-state index in [2.05, 4.69) is 14.8 Å². The summed E-state index contributed by atoms with van der Waals surface area (Å²) in [5.41, 5.74) is 0.204. The SMILES string of the molecule is Cn1c(=O)c2c(nc(N3CCN(CCCl)CC3)n2C)n(C)c1=O. The molecule has 2 aromatic heterocycles. The fourth-order valence-corrected chi connectivity index (χ4v) is 3.32. The molecule has 3 rings (SSSR count). The standard InChI is InChI=1S/C14H21ClN6O2/c1-17-10-11(18(2)14(23)19(3)12(10)22)16-13(17)21-8-6-20(5-4-15)7-9-21/h4-9H2,1-3H3. The smallest absolute Gasteiger partial charge is 0.332 e. The van der Waals surface area contributed by atoms with E-state index in [4.69, 9.17) is 11.6 Å². The van der Waals surface area contributed by atoms with Gasteiger partial charge < -0.3 is 9.47 Å². The lowest BCUT2D eigenvalue weighted by atomic mass is 10.3. The van der Waals surface area contributed by atoms with Crippen LogP contribution >= 0.6 is 11.6 Å². The normalized spacial score (nSPS) is 16.4. The van der Waals surface area contributed by atoms with Crippen LogP contribution in [0.25, 0.3) is 11.2 Å². The van der Waals surface area contributed by atoms with E-state index in [9.17, 15) is 9.59 Å². The number of hydrogen-bond acceptors (Lipinski definition) is 5. The molecule has 1 aliphatic heterocycles. The lowest BCUT2D eigenvalue weighted by Gasteiger charge is -2.34. The predicted octanol–water partition coefficient (Wildman–Crippen LogP) is -0.668. The van der Waals surface area contributed by atoms with E-state index in [-0.39, 0.29) is 11.2 Å². The predicted molar refractivity (Wildman–Crippen MR) is 90.6 cm³/mol. The second-order valence-electron chi connectivity index (χ2n) is 5.87. The number of imidazole rings is 1. The Kier molecular flexibility index (Phi) is 4.20. The Morgan fingerprint density at radius 3 is 2.26 bits per heavy atom. The van der Waals surface area contributed by atoms with Gasteiger partial charge in [0, 0.05) is 59.7 Å². The first kappa shape index (κ1) is 16.1. The molecule has 126 valence electrons. The number of piperazine rings is 1. The first-order chi connectivity index (χ1) is 11.0. The molecule has 0 aromatic carbocycles. The van der Waals surface area contributed by atoms with Gasteiger partial charge in [-0.3, -0.25) is 18.8 Å². The zero-order valence-corrected chi connectivity index (χ0v) is 14.4. The second-order valence-corrected chi connectivity index (χ2v) is 6.24. The first-order valence-corrected chi connectivity index (χ1v) is 8.15. The summed E-state index contributed by atoms with van der Waals surface area (Å²) in [6.45, 7) is 4.34. The summed E-state index contributed by atoms with van der Waals surface area (Å²) in [4.78, 5) is 33.5. The maximum absolute atomic E-state index is 12.4. The summed E-state index contributed by atoms with van der Waals surface area (Å²) >= 11 is 5.79. The van der Waals surface area contributed by atoms with Crippen molar-refractivity contribution in [2.45, 2.75) is 0 Å². The van der Waals surface area contributed by atoms with Gasteiger partial charge in [0.1, 0.15) is 0 Å². The number of anilines is 1. The third-order valence-corrected chi connectivity index (χ3v) is 4.68. The Labute approximate surface area is 138 Å². The van der Waals surface area contributed by atoms with Crippen LogP contribution in [0.1, 0.15) is 0 Å². The highest BCUT2D eigenvalue weighted by atomic mass is 35.5. The molecule has 23 heavy (non-hydrogen) atoms. The molecule has 0 aliphatic carbocycles. The monoisotopic (exact) mass is 340 g/mol. The van der Waals surface area contributed by atoms with Crippen LogP contribution in [0.5, 0.6) is 0 Å². The maximum atomic E-state index is 12.4. The van der Waals surface area contributed by atoms with Crippen molar-refractivity contribution >= 4 is 28.7 Å². The molecule has 1 saturated heterocycles. The Bertz CT molecular complexity index is 844. The van der Waals surface area contributed by atoms with Gasteiger partial charge in [-0.15, -0.1) is 11.6 Å². The van der Waals surface area contributed by atoms with Crippen molar-refractivity contribution in [2.24, 2.45) is 21.1 Å². The highest BCUT2D eigenvalue weighted by Gasteiger charge is 2.23. The topological polar surface area (TPSA) is 68.3 Å². The third-order valence-electron chi connectivity index (χ3n) is 4.51. The summed E-state index contributed by atoms with van der Waals surface area (Å²) < 4.78 is 4.32. The highest BCUT2D eigenvalue weighted by Crippen LogP contribution is 2.19. The zero-order chi connectivity index (χ0) is 16.7. The Balaban J connectivity index is 2.02. The molecule has 0 saturated carbocycles. The number of alkyl halides is 1. The maximum Gasteiger partial charge on any atom is 0.332 e. The Morgan fingerprint density at radius 2 is 1.65 bits per heavy atom. The molecule has 1 aliphatic rings. The number of nitrogens with zero attached hydrogens (tertiary/aromatic N) is 6. The summed E-state index contributed by atoms with van der Waals surface area (Å²) in [6, 6.07) is 0. The van der Waals surface area contributed by atoms with Gasteiger partial charge in [0.15, 0.2) is 11.2 Å². The fraction of sp³-hybridized carbons (Fsp3) is 0.643. The first-order valence-electron chi connectivity index (χ1n) is 7.61. The third kappa shape index (κ3) is 2.55. The number of aromatic nitrogens is 4. The Hall–Kier alpha value is -1.80. The molecule has 0 spiro atoms. The van der Waals surface area contributed by atoms with Gasteiger partial charge in [-0.05, 0) is 0 Å². The van der Waals surface area contributed by atoms with Gasteiger partial charge in [-0.2, -0.15) is 4.98 Å². The van der Waals surface area contributed by atoms with E-state index < -0.39 is 0 Å². The van der Waals surface area contributed by atoms with Crippen LogP contribution < -0.4 is 16.1 Å². The van der Waals surface area contributed by atoms with Gasteiger partial charge in [0.05, 0.1) is 0 Å². The fourth-order valence-electron chi connectivity index (χ4n) is 3.08. The molecule has 2 aromatic rings. The van der Waals surface area contributed by atoms with E-state index >= 15 is 0 Å². The highest BCUT2D eigenvalue weighted by molar-refractivity contribution is 6.18. The average Bonchev–Trinajstić information content (AvgIpc) is 2.90. The van der Waals surface area contributed by atoms with Crippen LogP contribution in [0.2, 0.25) is 0 Å². The molecule has 0 N–H and O–H groups in total. The molecule has 0 atom stereocenters. The van der Waals surface area contributed by atoms with Crippen LogP contribution in [0.3, 0.4) is 0 Å². The van der Waals surface area contributed by atoms with Crippen LogP contribution in [0.15, 0.2) is 9.59 Å². The lowest BCUT2D eigenvalue weighted by molar-refractivity contribution is 0.271. The molecule has 3 heterocycles. The molecule has 0 amide bonds. The summed E-state index contributed by atoms with van der Waals surface area (Å²) in [5.74, 6) is 1.36. The van der Waals surface area contributed by atoms with Crippen molar-refractivity contribution in [1.29, 1.82) is 0 Å². The summed E-state index contributed by atoms with van der Waals surface area (Å²) in [5, 5.41) is 0. The quantitative estimate of drug-likeness (QED) is 0.693. The van der Waals surface area contributed by atoms with Gasteiger partial charge >= 0.3 is 5.69 Å². The van der Waals surface area contributed by atoms with Crippen molar-refractivity contribution < 1.29 is 0 Å². The minimum atomic E-state index is -0.362. The van der Waals surface area contributed by atoms with Crippen molar-refractivity contribution in [3.63, 3.8) is 0 Å². The molecule has 0 bridgehead atoms. The van der Waals surface area contributed by atoms with E-state index in [0.29, 0.717) is 17.0 Å². The number of hydrogen-bond donors (Lipinski definition) is 0. The van der Waals surface area contributed by atoms with E-state index in [0.717, 1.165) is 43.2 Å². The molecular formula is C14H21ClN6O2. The number of rotatable bonds is 3. The summed E-state index contributed by atoms with van der Waals surface area (Å²) in [7, 11) is 4.95.